The van der Waals surface area contributed by atoms with Crippen LogP contribution in [0, 0.1) is 0 Å². The smallest absolute Gasteiger partial charge is 0.243 e. The normalized spacial score (nSPS) is 11.2. The molecule has 0 spiro atoms. The topological polar surface area (TPSA) is 75.4 Å². The van der Waals surface area contributed by atoms with E-state index in [0.717, 1.165) is 10.0 Å². The molecule has 0 unspecified atom stereocenters. The summed E-state index contributed by atoms with van der Waals surface area (Å²) in [6.45, 7) is 6.46. The number of hydrogen-bond acceptors (Lipinski definition) is 3. The molecule has 1 aromatic carbocycles. The molecule has 0 aliphatic carbocycles. The van der Waals surface area contributed by atoms with Gasteiger partial charge in [-0.05, 0) is 38.1 Å². The minimum Gasteiger partial charge on any atom is -0.368 e. The predicted octanol–water partition coefficient (Wildman–Crippen LogP) is 1.65. The van der Waals surface area contributed by atoms with Crippen LogP contribution in [0.25, 0.3) is 0 Å². The summed E-state index contributed by atoms with van der Waals surface area (Å²) in [6.07, 6.45) is 0. The minimum atomic E-state index is -0.737. The Kier molecular flexibility index (Phi) is 6.36. The fourth-order valence-electron chi connectivity index (χ4n) is 2.11. The van der Waals surface area contributed by atoms with Crippen LogP contribution < -0.4 is 11.1 Å². The molecule has 0 aliphatic heterocycles. The molecule has 116 valence electrons. The van der Waals surface area contributed by atoms with Crippen LogP contribution in [0.2, 0.25) is 0 Å². The maximum Gasteiger partial charge on any atom is 0.243 e. The lowest BCUT2D eigenvalue weighted by molar-refractivity contribution is -0.140. The molecule has 0 heterocycles. The van der Waals surface area contributed by atoms with Crippen molar-refractivity contribution in [2.45, 2.75) is 32.9 Å². The second-order valence-electron chi connectivity index (χ2n) is 5.41. The molecule has 6 heteroatoms. The Morgan fingerprint density at radius 2 is 1.86 bits per heavy atom. The van der Waals surface area contributed by atoms with Crippen LogP contribution in [0.5, 0.6) is 0 Å². The number of hydrogen-bond donors (Lipinski definition) is 2. The van der Waals surface area contributed by atoms with Gasteiger partial charge in [0.05, 0.1) is 12.1 Å². The van der Waals surface area contributed by atoms with Crippen LogP contribution in [0.1, 0.15) is 26.3 Å². The lowest BCUT2D eigenvalue weighted by atomic mass is 10.0. The van der Waals surface area contributed by atoms with Gasteiger partial charge in [-0.1, -0.05) is 35.0 Å². The van der Waals surface area contributed by atoms with Gasteiger partial charge in [0.1, 0.15) is 0 Å². The van der Waals surface area contributed by atoms with Gasteiger partial charge < -0.3 is 16.0 Å². The van der Waals surface area contributed by atoms with Crippen molar-refractivity contribution in [2.24, 2.45) is 5.73 Å². The lowest BCUT2D eigenvalue weighted by Gasteiger charge is -2.32. The van der Waals surface area contributed by atoms with E-state index in [-0.39, 0.29) is 12.5 Å². The van der Waals surface area contributed by atoms with E-state index in [1.807, 2.05) is 31.2 Å². The van der Waals surface area contributed by atoms with E-state index in [1.165, 1.54) is 4.90 Å². The summed E-state index contributed by atoms with van der Waals surface area (Å²) in [5.41, 5.74) is 5.47. The summed E-state index contributed by atoms with van der Waals surface area (Å²) >= 11 is 3.37. The Bertz CT molecular complexity index is 500. The van der Waals surface area contributed by atoms with Crippen LogP contribution in [-0.4, -0.2) is 35.3 Å². The second-order valence-corrected chi connectivity index (χ2v) is 6.32. The van der Waals surface area contributed by atoms with E-state index >= 15 is 0 Å². The van der Waals surface area contributed by atoms with Gasteiger partial charge in [0.15, 0.2) is 0 Å². The van der Waals surface area contributed by atoms with Crippen LogP contribution in [0.15, 0.2) is 28.7 Å². The molecule has 0 aliphatic rings. The first kappa shape index (κ1) is 17.7. The third-order valence-corrected chi connectivity index (χ3v) is 3.60. The predicted molar refractivity (Wildman–Crippen MR) is 86.5 cm³/mol. The highest BCUT2D eigenvalue weighted by molar-refractivity contribution is 9.10. The Hall–Kier alpha value is -1.40. The highest BCUT2D eigenvalue weighted by Crippen LogP contribution is 2.15. The Morgan fingerprint density at radius 3 is 2.33 bits per heavy atom. The van der Waals surface area contributed by atoms with Gasteiger partial charge in [-0.15, -0.1) is 0 Å². The number of carbonyl (C=O) groups is 2. The number of amides is 2. The second kappa shape index (κ2) is 7.56. The van der Waals surface area contributed by atoms with Gasteiger partial charge in [-0.2, -0.15) is 0 Å². The van der Waals surface area contributed by atoms with E-state index in [2.05, 4.69) is 21.2 Å². The van der Waals surface area contributed by atoms with E-state index in [0.29, 0.717) is 13.1 Å². The van der Waals surface area contributed by atoms with Crippen molar-refractivity contribution in [3.8, 4) is 0 Å². The van der Waals surface area contributed by atoms with Crippen molar-refractivity contribution in [1.29, 1.82) is 0 Å². The first-order valence-electron chi connectivity index (χ1n) is 6.83. The van der Waals surface area contributed by atoms with Crippen molar-refractivity contribution in [2.75, 3.05) is 13.1 Å². The number of nitrogens with two attached hydrogens (primary N) is 1. The van der Waals surface area contributed by atoms with E-state index in [1.54, 1.807) is 13.8 Å². The van der Waals surface area contributed by atoms with Crippen LogP contribution in [0.4, 0.5) is 0 Å². The number of carbonyl (C=O) groups excluding carboxylic acids is 2. The van der Waals surface area contributed by atoms with Crippen molar-refractivity contribution < 1.29 is 9.59 Å². The lowest BCUT2D eigenvalue weighted by Crippen LogP contribution is -2.55. The van der Waals surface area contributed by atoms with Gasteiger partial charge in [0.25, 0.3) is 0 Å². The quantitative estimate of drug-likeness (QED) is 0.780. The van der Waals surface area contributed by atoms with Gasteiger partial charge in [-0.25, -0.2) is 0 Å². The molecule has 1 rings (SSSR count). The van der Waals surface area contributed by atoms with Crippen molar-refractivity contribution in [3.05, 3.63) is 34.3 Å². The molecule has 0 aromatic heterocycles. The fourth-order valence-corrected chi connectivity index (χ4v) is 2.37. The zero-order valence-electron chi connectivity index (χ0n) is 12.6. The van der Waals surface area contributed by atoms with E-state index in [4.69, 9.17) is 5.73 Å². The summed E-state index contributed by atoms with van der Waals surface area (Å²) < 4.78 is 0.965. The SMILES string of the molecule is CCNC(C)(C)C(=O)N(CC(N)=O)Cc1ccc(Br)cc1. The average molecular weight is 356 g/mol. The largest absolute Gasteiger partial charge is 0.368 e. The zero-order chi connectivity index (χ0) is 16.0. The first-order valence-corrected chi connectivity index (χ1v) is 7.62. The summed E-state index contributed by atoms with van der Waals surface area (Å²) in [4.78, 5) is 25.3. The standard InChI is InChI=1S/C15H22BrN3O2/c1-4-18-15(2,3)14(21)19(10-13(17)20)9-11-5-7-12(16)8-6-11/h5-8,18H,4,9-10H2,1-3H3,(H2,17,20). The molecule has 0 atom stereocenters. The van der Waals surface area contributed by atoms with Crippen molar-refractivity contribution >= 4 is 27.7 Å². The number of benzene rings is 1. The maximum atomic E-state index is 12.6. The van der Waals surface area contributed by atoms with Crippen LogP contribution >= 0.6 is 15.9 Å². The monoisotopic (exact) mass is 355 g/mol. The highest BCUT2D eigenvalue weighted by atomic mass is 79.9. The minimum absolute atomic E-state index is 0.0935. The van der Waals surface area contributed by atoms with Crippen LogP contribution in [-0.2, 0) is 16.1 Å². The fraction of sp³-hybridized carbons (Fsp3) is 0.467. The number of likely N-dealkylation sites (N-methyl/N-ethyl adjacent to an activating group) is 1. The number of halogens is 1. The third kappa shape index (κ3) is 5.47. The molecular weight excluding hydrogens is 334 g/mol. The number of nitrogens with zero attached hydrogens (tertiary/aromatic N) is 1. The van der Waals surface area contributed by atoms with Crippen molar-refractivity contribution in [3.63, 3.8) is 0 Å². The number of rotatable bonds is 7. The Balaban J connectivity index is 2.92. The average Bonchev–Trinajstić information content (AvgIpc) is 2.39. The van der Waals surface area contributed by atoms with Gasteiger partial charge in [0, 0.05) is 11.0 Å². The zero-order valence-corrected chi connectivity index (χ0v) is 14.2. The molecule has 3 N–H and O–H groups in total. The molecular formula is C15H22BrN3O2. The van der Waals surface area contributed by atoms with Gasteiger partial charge in [0.2, 0.25) is 11.8 Å². The highest BCUT2D eigenvalue weighted by Gasteiger charge is 2.31. The van der Waals surface area contributed by atoms with Crippen LogP contribution in [0.3, 0.4) is 0 Å². The Labute approximate surface area is 134 Å². The summed E-state index contributed by atoms with van der Waals surface area (Å²) in [5, 5.41) is 3.12. The third-order valence-electron chi connectivity index (χ3n) is 3.07. The summed E-state index contributed by atoms with van der Waals surface area (Å²) in [6, 6.07) is 7.62. The van der Waals surface area contributed by atoms with E-state index in [9.17, 15) is 9.59 Å². The molecule has 1 aromatic rings. The van der Waals surface area contributed by atoms with Gasteiger partial charge >= 0.3 is 0 Å². The molecule has 0 bridgehead atoms. The molecule has 0 saturated heterocycles. The van der Waals surface area contributed by atoms with Crippen molar-refractivity contribution in [1.82, 2.24) is 10.2 Å². The molecule has 0 radical (unpaired) electrons. The molecule has 0 saturated carbocycles. The molecule has 0 fully saturated rings. The summed E-state index contributed by atoms with van der Waals surface area (Å²) in [7, 11) is 0. The Morgan fingerprint density at radius 1 is 1.29 bits per heavy atom. The first-order chi connectivity index (χ1) is 9.76. The molecule has 2 amide bonds. The van der Waals surface area contributed by atoms with Gasteiger partial charge in [-0.3, -0.25) is 9.59 Å². The maximum absolute atomic E-state index is 12.6. The summed E-state index contributed by atoms with van der Waals surface area (Å²) in [5.74, 6) is -0.668. The molecule has 21 heavy (non-hydrogen) atoms. The van der Waals surface area contributed by atoms with E-state index < -0.39 is 11.4 Å². The number of nitrogens with one attached hydrogen (secondary N) is 1. The number of primary amides is 1. The molecule has 5 nitrogen and oxygen atoms in total.